The Bertz CT molecular complexity index is 1090. The maximum absolute atomic E-state index is 10.5. The normalized spacial score (nSPS) is 30.2. The van der Waals surface area contributed by atoms with Crippen molar-refractivity contribution in [3.05, 3.63) is 63.7 Å². The number of ether oxygens (including phenoxy) is 3. The average molecular weight is 515 g/mol. The molecule has 37 heavy (non-hydrogen) atoms. The summed E-state index contributed by atoms with van der Waals surface area (Å²) in [5.41, 5.74) is 6.95. The Kier molecular flexibility index (Phi) is 8.34. The minimum absolute atomic E-state index is 0.00537. The molecule has 1 unspecified atom stereocenters. The highest BCUT2D eigenvalue weighted by atomic mass is 16.7. The number of benzene rings is 2. The lowest BCUT2D eigenvalue weighted by atomic mass is 9.66. The van der Waals surface area contributed by atoms with Crippen molar-refractivity contribution in [3.8, 4) is 5.75 Å². The summed E-state index contributed by atoms with van der Waals surface area (Å²) in [7, 11) is 1.69. The van der Waals surface area contributed by atoms with E-state index in [1.54, 1.807) is 7.11 Å². The van der Waals surface area contributed by atoms with Gasteiger partial charge in [0.2, 0.25) is 0 Å². The van der Waals surface area contributed by atoms with Crippen LogP contribution in [-0.2, 0) is 21.3 Å². The van der Waals surface area contributed by atoms with Crippen molar-refractivity contribution in [2.45, 2.75) is 77.0 Å². The third-order valence-corrected chi connectivity index (χ3v) is 8.14. The van der Waals surface area contributed by atoms with Gasteiger partial charge in [-0.05, 0) is 77.0 Å². The zero-order valence-corrected chi connectivity index (χ0v) is 22.8. The third kappa shape index (κ3) is 5.58. The number of hydrogen-bond donors (Lipinski definition) is 4. The SMILES string of the molecule is COc1ccc(C2c3cc(C)c(C)cc3C[C@H](CO)[C@H]2CO[C@@H]2OC[C@@H](O)[C@H](O)[C@H]2O)cc1C(C)(C)C. The molecule has 0 spiro atoms. The highest BCUT2D eigenvalue weighted by Crippen LogP contribution is 2.46. The van der Waals surface area contributed by atoms with Gasteiger partial charge in [-0.15, -0.1) is 0 Å². The Morgan fingerprint density at radius 2 is 1.70 bits per heavy atom. The number of methoxy groups -OCH3 is 1. The second kappa shape index (κ2) is 11.0. The fourth-order valence-electron chi connectivity index (χ4n) is 5.80. The van der Waals surface area contributed by atoms with E-state index >= 15 is 0 Å². The first-order valence-electron chi connectivity index (χ1n) is 13.1. The molecule has 1 aliphatic heterocycles. The summed E-state index contributed by atoms with van der Waals surface area (Å²) in [6.07, 6.45) is -4.19. The lowest BCUT2D eigenvalue weighted by Gasteiger charge is -2.42. The van der Waals surface area contributed by atoms with Crippen LogP contribution in [0.2, 0.25) is 0 Å². The van der Waals surface area contributed by atoms with E-state index in [2.05, 4.69) is 58.9 Å². The largest absolute Gasteiger partial charge is 0.496 e. The number of hydrogen-bond acceptors (Lipinski definition) is 7. The molecule has 0 saturated carbocycles. The Balaban J connectivity index is 1.77. The predicted octanol–water partition coefficient (Wildman–Crippen LogP) is 2.98. The van der Waals surface area contributed by atoms with Gasteiger partial charge in [-0.25, -0.2) is 0 Å². The molecule has 4 rings (SSSR count). The molecule has 1 heterocycles. The number of aryl methyl sites for hydroxylation is 2. The summed E-state index contributed by atoms with van der Waals surface area (Å²) >= 11 is 0. The van der Waals surface area contributed by atoms with Crippen LogP contribution in [0.1, 0.15) is 60.1 Å². The second-order valence-corrected chi connectivity index (χ2v) is 11.7. The molecule has 2 aromatic rings. The van der Waals surface area contributed by atoms with E-state index in [0.717, 1.165) is 23.3 Å². The molecule has 1 fully saturated rings. The zero-order chi connectivity index (χ0) is 27.1. The van der Waals surface area contributed by atoms with Crippen molar-refractivity contribution in [1.29, 1.82) is 0 Å². The summed E-state index contributed by atoms with van der Waals surface area (Å²) in [5, 5.41) is 40.8. The lowest BCUT2D eigenvalue weighted by Crippen LogP contribution is -2.54. The highest BCUT2D eigenvalue weighted by molar-refractivity contribution is 5.50. The van der Waals surface area contributed by atoms with Crippen LogP contribution in [0, 0.1) is 25.7 Å². The molecule has 4 N–H and O–H groups in total. The minimum Gasteiger partial charge on any atom is -0.496 e. The summed E-state index contributed by atoms with van der Waals surface area (Å²) < 4.78 is 17.3. The van der Waals surface area contributed by atoms with E-state index in [-0.39, 0.29) is 43.0 Å². The molecule has 0 aromatic heterocycles. The quantitative estimate of drug-likeness (QED) is 0.469. The molecule has 0 bridgehead atoms. The molecule has 0 amide bonds. The molecule has 204 valence electrons. The summed E-state index contributed by atoms with van der Waals surface area (Å²) in [4.78, 5) is 0. The van der Waals surface area contributed by atoms with Crippen molar-refractivity contribution < 1.29 is 34.6 Å². The van der Waals surface area contributed by atoms with Crippen LogP contribution in [0.25, 0.3) is 0 Å². The van der Waals surface area contributed by atoms with Gasteiger partial charge in [0.05, 0.1) is 20.3 Å². The topological polar surface area (TPSA) is 109 Å². The molecule has 7 nitrogen and oxygen atoms in total. The smallest absolute Gasteiger partial charge is 0.186 e. The predicted molar refractivity (Wildman–Crippen MR) is 141 cm³/mol. The molecule has 7 atom stereocenters. The van der Waals surface area contributed by atoms with Gasteiger partial charge in [0.1, 0.15) is 24.1 Å². The first kappa shape index (κ1) is 28.0. The van der Waals surface area contributed by atoms with Crippen molar-refractivity contribution in [3.63, 3.8) is 0 Å². The van der Waals surface area contributed by atoms with E-state index < -0.39 is 24.6 Å². The van der Waals surface area contributed by atoms with E-state index in [0.29, 0.717) is 0 Å². The van der Waals surface area contributed by atoms with Crippen LogP contribution < -0.4 is 4.74 Å². The van der Waals surface area contributed by atoms with Gasteiger partial charge in [0.25, 0.3) is 0 Å². The Morgan fingerprint density at radius 1 is 1.00 bits per heavy atom. The van der Waals surface area contributed by atoms with Crippen molar-refractivity contribution >= 4 is 0 Å². The first-order chi connectivity index (χ1) is 17.5. The number of aliphatic hydroxyl groups excluding tert-OH is 4. The molecule has 1 saturated heterocycles. The maximum Gasteiger partial charge on any atom is 0.186 e. The molecule has 0 radical (unpaired) electrons. The fourth-order valence-corrected chi connectivity index (χ4v) is 5.80. The number of aliphatic hydroxyl groups is 4. The number of rotatable bonds is 6. The third-order valence-electron chi connectivity index (χ3n) is 8.14. The summed E-state index contributed by atoms with van der Waals surface area (Å²) in [5.74, 6) is 0.588. The molecular weight excluding hydrogens is 472 g/mol. The lowest BCUT2D eigenvalue weighted by molar-refractivity contribution is -0.274. The van der Waals surface area contributed by atoms with Crippen molar-refractivity contribution in [2.24, 2.45) is 11.8 Å². The van der Waals surface area contributed by atoms with Crippen LogP contribution in [0.3, 0.4) is 0 Å². The van der Waals surface area contributed by atoms with Gasteiger partial charge in [-0.2, -0.15) is 0 Å². The molecule has 2 aliphatic rings. The molecular formula is C30H42O7. The van der Waals surface area contributed by atoms with Crippen molar-refractivity contribution in [2.75, 3.05) is 26.9 Å². The standard InChI is InChI=1S/C30H42O7/c1-16-9-19-11-20(13-31)22(14-36-29-28(34)27(33)24(32)15-37-29)26(21(19)10-17(16)2)18-7-8-25(35-6)23(12-18)30(3,4)5/h7-10,12,20,22,24,26-29,31-34H,11,13-15H2,1-6H3/t20-,22-,24-,26?,27+,28-,29-/m1/s1. The second-order valence-electron chi connectivity index (χ2n) is 11.7. The monoisotopic (exact) mass is 514 g/mol. The Morgan fingerprint density at radius 3 is 2.35 bits per heavy atom. The average Bonchev–Trinajstić information content (AvgIpc) is 2.86. The molecule has 2 aromatic carbocycles. The Hall–Kier alpha value is -2.00. The van der Waals surface area contributed by atoms with Crippen LogP contribution in [0.5, 0.6) is 5.75 Å². The fraction of sp³-hybridized carbons (Fsp3) is 0.600. The zero-order valence-electron chi connectivity index (χ0n) is 22.8. The van der Waals surface area contributed by atoms with E-state index in [1.165, 1.54) is 22.3 Å². The van der Waals surface area contributed by atoms with Gasteiger partial charge < -0.3 is 34.6 Å². The van der Waals surface area contributed by atoms with Gasteiger partial charge in [-0.3, -0.25) is 0 Å². The van der Waals surface area contributed by atoms with Gasteiger partial charge in [-0.1, -0.05) is 45.0 Å². The molecule has 7 heteroatoms. The van der Waals surface area contributed by atoms with Gasteiger partial charge in [0.15, 0.2) is 6.29 Å². The number of fused-ring (bicyclic) bond motifs is 1. The minimum atomic E-state index is -1.36. The van der Waals surface area contributed by atoms with Gasteiger partial charge in [0, 0.05) is 12.5 Å². The van der Waals surface area contributed by atoms with E-state index in [9.17, 15) is 20.4 Å². The van der Waals surface area contributed by atoms with Crippen LogP contribution >= 0.6 is 0 Å². The van der Waals surface area contributed by atoms with Crippen LogP contribution in [0.15, 0.2) is 30.3 Å². The summed E-state index contributed by atoms with van der Waals surface area (Å²) in [6.45, 7) is 10.8. The summed E-state index contributed by atoms with van der Waals surface area (Å²) in [6, 6.07) is 10.8. The molecule has 1 aliphatic carbocycles. The highest BCUT2D eigenvalue weighted by Gasteiger charge is 2.42. The maximum atomic E-state index is 10.5. The first-order valence-corrected chi connectivity index (χ1v) is 13.1. The van der Waals surface area contributed by atoms with E-state index in [1.807, 2.05) is 6.07 Å². The van der Waals surface area contributed by atoms with Gasteiger partial charge >= 0.3 is 0 Å². The van der Waals surface area contributed by atoms with Crippen molar-refractivity contribution in [1.82, 2.24) is 0 Å². The van der Waals surface area contributed by atoms with Crippen LogP contribution in [0.4, 0.5) is 0 Å². The Labute approximate surface area is 220 Å². The van der Waals surface area contributed by atoms with E-state index in [4.69, 9.17) is 14.2 Å². The van der Waals surface area contributed by atoms with Crippen LogP contribution in [-0.4, -0.2) is 72.0 Å².